The van der Waals surface area contributed by atoms with Gasteiger partial charge in [-0.1, -0.05) is 32.1 Å². The third-order valence-corrected chi connectivity index (χ3v) is 3.00. The third-order valence-electron chi connectivity index (χ3n) is 3.00. The Morgan fingerprint density at radius 2 is 1.80 bits per heavy atom. The summed E-state index contributed by atoms with van der Waals surface area (Å²) in [5.41, 5.74) is 0. The number of likely N-dealkylation sites (N-methyl/N-ethyl adjacent to an activating group) is 1. The molecule has 0 bridgehead atoms. The zero-order chi connectivity index (χ0) is 11.1. The van der Waals surface area contributed by atoms with Gasteiger partial charge in [0.2, 0.25) is 0 Å². The number of rotatable bonds is 3. The molecule has 1 aliphatic rings. The van der Waals surface area contributed by atoms with Gasteiger partial charge < -0.3 is 10.6 Å². The molecule has 86 valence electrons. The number of hydrogen-bond donors (Lipinski definition) is 2. The Kier molecular flexibility index (Phi) is 5.15. The fourth-order valence-corrected chi connectivity index (χ4v) is 2.06. The summed E-state index contributed by atoms with van der Waals surface area (Å²) in [5, 5.41) is 4.93. The van der Waals surface area contributed by atoms with Crippen molar-refractivity contribution in [3.63, 3.8) is 0 Å². The Bertz CT molecular complexity index is 223. The lowest BCUT2D eigenvalue weighted by Gasteiger charge is -2.21. The molecule has 0 aromatic rings. The van der Waals surface area contributed by atoms with Crippen LogP contribution in [-0.2, 0) is 9.59 Å². The van der Waals surface area contributed by atoms with E-state index in [2.05, 4.69) is 10.6 Å². The van der Waals surface area contributed by atoms with Crippen molar-refractivity contribution in [3.05, 3.63) is 0 Å². The second-order valence-electron chi connectivity index (χ2n) is 4.13. The summed E-state index contributed by atoms with van der Waals surface area (Å²) in [6, 6.07) is 0. The molecule has 2 N–H and O–H groups in total. The lowest BCUT2D eigenvalue weighted by molar-refractivity contribution is -0.138. The fourth-order valence-electron chi connectivity index (χ4n) is 2.06. The van der Waals surface area contributed by atoms with E-state index in [1.165, 1.54) is 39.2 Å². The Hall–Kier alpha value is -1.06. The monoisotopic (exact) mass is 212 g/mol. The molecule has 1 rings (SSSR count). The van der Waals surface area contributed by atoms with Crippen molar-refractivity contribution in [1.29, 1.82) is 0 Å². The summed E-state index contributed by atoms with van der Waals surface area (Å²) in [6.45, 7) is 0.622. The predicted octanol–water partition coefficient (Wildman–Crippen LogP) is 0.819. The zero-order valence-electron chi connectivity index (χ0n) is 9.34. The van der Waals surface area contributed by atoms with E-state index in [9.17, 15) is 9.59 Å². The van der Waals surface area contributed by atoms with Crippen LogP contribution >= 0.6 is 0 Å². The van der Waals surface area contributed by atoms with Crippen LogP contribution < -0.4 is 10.6 Å². The molecule has 0 aliphatic heterocycles. The van der Waals surface area contributed by atoms with Crippen molar-refractivity contribution < 1.29 is 9.59 Å². The van der Waals surface area contributed by atoms with Gasteiger partial charge in [0.15, 0.2) is 0 Å². The normalized spacial score (nSPS) is 17.1. The molecular weight excluding hydrogens is 192 g/mol. The molecular formula is C11H20N2O2. The minimum Gasteiger partial charge on any atom is -0.351 e. The summed E-state index contributed by atoms with van der Waals surface area (Å²) in [7, 11) is 1.46. The maximum absolute atomic E-state index is 11.1. The topological polar surface area (TPSA) is 58.2 Å². The predicted molar refractivity (Wildman–Crippen MR) is 58.3 cm³/mol. The van der Waals surface area contributed by atoms with Crippen LogP contribution in [0.15, 0.2) is 0 Å². The van der Waals surface area contributed by atoms with Crippen LogP contribution in [0.25, 0.3) is 0 Å². The molecule has 0 aromatic carbocycles. The number of hydrogen-bond acceptors (Lipinski definition) is 2. The molecule has 4 heteroatoms. The van der Waals surface area contributed by atoms with Gasteiger partial charge in [0.1, 0.15) is 0 Å². The largest absolute Gasteiger partial charge is 0.351 e. The van der Waals surface area contributed by atoms with Crippen LogP contribution in [0.2, 0.25) is 0 Å². The minimum absolute atomic E-state index is 0.520. The van der Waals surface area contributed by atoms with Gasteiger partial charge in [-0.3, -0.25) is 9.59 Å². The molecule has 15 heavy (non-hydrogen) atoms. The quantitative estimate of drug-likeness (QED) is 0.680. The van der Waals surface area contributed by atoms with E-state index in [0.29, 0.717) is 6.54 Å². The molecule has 1 fully saturated rings. The van der Waals surface area contributed by atoms with Gasteiger partial charge in [-0.05, 0) is 12.3 Å². The van der Waals surface area contributed by atoms with E-state index in [1.807, 2.05) is 0 Å². The van der Waals surface area contributed by atoms with E-state index in [-0.39, 0.29) is 0 Å². The average molecular weight is 212 g/mol. The fraction of sp³-hybridized carbons (Fsp3) is 0.818. The number of carbonyl (C=O) groups excluding carboxylic acids is 2. The van der Waals surface area contributed by atoms with Gasteiger partial charge >= 0.3 is 11.8 Å². The van der Waals surface area contributed by atoms with Gasteiger partial charge in [-0.25, -0.2) is 0 Å². The number of amides is 2. The molecule has 0 atom stereocenters. The van der Waals surface area contributed by atoms with Gasteiger partial charge in [0.05, 0.1) is 0 Å². The first kappa shape index (κ1) is 12.0. The van der Waals surface area contributed by atoms with E-state index in [1.54, 1.807) is 0 Å². The van der Waals surface area contributed by atoms with Crippen molar-refractivity contribution >= 4 is 11.8 Å². The summed E-state index contributed by atoms with van der Waals surface area (Å²) < 4.78 is 0. The maximum atomic E-state index is 11.1. The van der Waals surface area contributed by atoms with Gasteiger partial charge in [0.25, 0.3) is 0 Å². The standard InChI is InChI=1S/C11H20N2O2/c1-12-10(14)11(15)13-8-7-9-5-3-2-4-6-9/h9H,2-8H2,1H3,(H,12,14)(H,13,15). The van der Waals surface area contributed by atoms with Gasteiger partial charge in [-0.2, -0.15) is 0 Å². The minimum atomic E-state index is -0.557. The number of nitrogens with one attached hydrogen (secondary N) is 2. The summed E-state index contributed by atoms with van der Waals surface area (Å²) in [6.07, 6.45) is 7.53. The zero-order valence-corrected chi connectivity index (χ0v) is 9.34. The van der Waals surface area contributed by atoms with Crippen molar-refractivity contribution in [2.24, 2.45) is 5.92 Å². The third kappa shape index (κ3) is 4.32. The highest BCUT2D eigenvalue weighted by atomic mass is 16.2. The Labute approximate surface area is 90.8 Å². The van der Waals surface area contributed by atoms with Crippen LogP contribution in [0.1, 0.15) is 38.5 Å². The van der Waals surface area contributed by atoms with E-state index in [4.69, 9.17) is 0 Å². The molecule has 0 heterocycles. The van der Waals surface area contributed by atoms with Crippen molar-refractivity contribution in [1.82, 2.24) is 10.6 Å². The van der Waals surface area contributed by atoms with Crippen molar-refractivity contribution in [2.45, 2.75) is 38.5 Å². The van der Waals surface area contributed by atoms with Crippen LogP contribution in [0.5, 0.6) is 0 Å². The van der Waals surface area contributed by atoms with Crippen molar-refractivity contribution in [2.75, 3.05) is 13.6 Å². The van der Waals surface area contributed by atoms with Crippen molar-refractivity contribution in [3.8, 4) is 0 Å². The highest BCUT2D eigenvalue weighted by Crippen LogP contribution is 2.25. The number of carbonyl (C=O) groups is 2. The Morgan fingerprint density at radius 1 is 1.13 bits per heavy atom. The van der Waals surface area contributed by atoms with E-state index in [0.717, 1.165) is 12.3 Å². The van der Waals surface area contributed by atoms with Gasteiger partial charge in [-0.15, -0.1) is 0 Å². The second-order valence-corrected chi connectivity index (χ2v) is 4.13. The molecule has 0 aromatic heterocycles. The van der Waals surface area contributed by atoms with Crippen LogP contribution in [0, 0.1) is 5.92 Å². The Morgan fingerprint density at radius 3 is 2.40 bits per heavy atom. The van der Waals surface area contributed by atoms with Crippen LogP contribution in [-0.4, -0.2) is 25.4 Å². The summed E-state index contributed by atoms with van der Waals surface area (Å²) in [5.74, 6) is -0.337. The SMILES string of the molecule is CNC(=O)C(=O)NCCC1CCCCC1. The second kappa shape index (κ2) is 6.43. The first-order valence-electron chi connectivity index (χ1n) is 5.74. The molecule has 2 amide bonds. The van der Waals surface area contributed by atoms with Crippen LogP contribution in [0.3, 0.4) is 0 Å². The van der Waals surface area contributed by atoms with E-state index >= 15 is 0 Å². The molecule has 1 aliphatic carbocycles. The maximum Gasteiger partial charge on any atom is 0.309 e. The highest BCUT2D eigenvalue weighted by molar-refractivity contribution is 6.34. The summed E-state index contributed by atoms with van der Waals surface area (Å²) >= 11 is 0. The molecule has 1 saturated carbocycles. The highest BCUT2D eigenvalue weighted by Gasteiger charge is 2.14. The first-order valence-corrected chi connectivity index (χ1v) is 5.74. The molecule has 0 spiro atoms. The molecule has 4 nitrogen and oxygen atoms in total. The lowest BCUT2D eigenvalue weighted by Crippen LogP contribution is -2.38. The average Bonchev–Trinajstić information content (AvgIpc) is 2.29. The first-order chi connectivity index (χ1) is 7.24. The molecule has 0 radical (unpaired) electrons. The van der Waals surface area contributed by atoms with E-state index < -0.39 is 11.8 Å². The lowest BCUT2D eigenvalue weighted by atomic mass is 9.87. The Balaban J connectivity index is 2.09. The smallest absolute Gasteiger partial charge is 0.309 e. The van der Waals surface area contributed by atoms with Crippen LogP contribution in [0.4, 0.5) is 0 Å². The van der Waals surface area contributed by atoms with Gasteiger partial charge in [0, 0.05) is 13.6 Å². The molecule has 0 saturated heterocycles. The molecule has 0 unspecified atom stereocenters. The summed E-state index contributed by atoms with van der Waals surface area (Å²) in [4.78, 5) is 22.0.